The number of nitrogens with two attached hydrogens (primary N) is 1. The largest absolute Gasteiger partial charge is 0.444 e. The summed E-state index contributed by atoms with van der Waals surface area (Å²) in [6.07, 6.45) is 1.68. The zero-order chi connectivity index (χ0) is 14.1. The summed E-state index contributed by atoms with van der Waals surface area (Å²) in [5.41, 5.74) is 5.55. The summed E-state index contributed by atoms with van der Waals surface area (Å²) in [6.45, 7) is 6.71. The first-order chi connectivity index (χ1) is 8.80. The van der Waals surface area contributed by atoms with Crippen LogP contribution in [0.1, 0.15) is 40.0 Å². The molecule has 0 aromatic carbocycles. The molecule has 3 N–H and O–H groups in total. The molecule has 1 aliphatic heterocycles. The van der Waals surface area contributed by atoms with Gasteiger partial charge in [0.15, 0.2) is 5.79 Å². The first-order valence-electron chi connectivity index (χ1n) is 6.83. The molecule has 6 nitrogen and oxygen atoms in total. The summed E-state index contributed by atoms with van der Waals surface area (Å²) in [5, 5.41) is 2.83. The molecule has 0 aromatic heterocycles. The third-order valence-corrected chi connectivity index (χ3v) is 3.42. The second kappa shape index (κ2) is 5.26. The second-order valence-corrected chi connectivity index (χ2v) is 6.27. The van der Waals surface area contributed by atoms with Crippen LogP contribution in [0.4, 0.5) is 4.79 Å². The van der Waals surface area contributed by atoms with E-state index in [-0.39, 0.29) is 12.1 Å². The van der Waals surface area contributed by atoms with Crippen molar-refractivity contribution in [2.24, 2.45) is 5.73 Å². The molecule has 6 heteroatoms. The standard InChI is InChI=1S/C13H24N2O4/c1-12(2,3)19-11(16)15-10-8-13(5-4-9(10)14)17-6-7-18-13/h9-10H,4-8,14H2,1-3H3,(H,15,16). The lowest BCUT2D eigenvalue weighted by Gasteiger charge is -2.39. The third kappa shape index (κ3) is 3.81. The number of ether oxygens (including phenoxy) is 3. The van der Waals surface area contributed by atoms with Crippen molar-refractivity contribution in [3.63, 3.8) is 0 Å². The van der Waals surface area contributed by atoms with Crippen molar-refractivity contribution >= 4 is 6.09 Å². The molecular formula is C13H24N2O4. The molecule has 110 valence electrons. The van der Waals surface area contributed by atoms with Crippen LogP contribution in [0.5, 0.6) is 0 Å². The maximum atomic E-state index is 11.8. The Bertz CT molecular complexity index is 334. The van der Waals surface area contributed by atoms with E-state index in [4.69, 9.17) is 19.9 Å². The molecule has 1 aliphatic carbocycles. The number of carbonyl (C=O) groups excluding carboxylic acids is 1. The highest BCUT2D eigenvalue weighted by atomic mass is 16.7. The lowest BCUT2D eigenvalue weighted by atomic mass is 9.86. The van der Waals surface area contributed by atoms with Crippen LogP contribution < -0.4 is 11.1 Å². The molecule has 2 aliphatic rings. The summed E-state index contributed by atoms with van der Waals surface area (Å²) in [7, 11) is 0. The first kappa shape index (κ1) is 14.6. The number of hydrogen-bond donors (Lipinski definition) is 2. The van der Waals surface area contributed by atoms with E-state index in [1.165, 1.54) is 0 Å². The van der Waals surface area contributed by atoms with Crippen molar-refractivity contribution in [1.29, 1.82) is 0 Å². The molecular weight excluding hydrogens is 248 g/mol. The SMILES string of the molecule is CC(C)(C)OC(=O)NC1CC2(CCC1N)OCCO2. The van der Waals surface area contributed by atoms with Crippen LogP contribution in [-0.2, 0) is 14.2 Å². The molecule has 1 saturated carbocycles. The highest BCUT2D eigenvalue weighted by molar-refractivity contribution is 5.68. The summed E-state index contributed by atoms with van der Waals surface area (Å²) in [6, 6.07) is -0.271. The minimum atomic E-state index is -0.560. The van der Waals surface area contributed by atoms with Crippen molar-refractivity contribution in [3.8, 4) is 0 Å². The lowest BCUT2D eigenvalue weighted by molar-refractivity contribution is -0.183. The maximum absolute atomic E-state index is 11.8. The fraction of sp³-hybridized carbons (Fsp3) is 0.923. The van der Waals surface area contributed by atoms with Gasteiger partial charge in [0.05, 0.1) is 19.3 Å². The number of hydrogen-bond acceptors (Lipinski definition) is 5. The summed E-state index contributed by atoms with van der Waals surface area (Å²) in [5.74, 6) is -0.560. The van der Waals surface area contributed by atoms with Gasteiger partial charge in [-0.25, -0.2) is 4.79 Å². The van der Waals surface area contributed by atoms with Crippen LogP contribution in [0.25, 0.3) is 0 Å². The predicted octanol–water partition coefficient (Wildman–Crippen LogP) is 1.13. The zero-order valence-electron chi connectivity index (χ0n) is 11.9. The third-order valence-electron chi connectivity index (χ3n) is 3.42. The summed E-state index contributed by atoms with van der Waals surface area (Å²) in [4.78, 5) is 11.8. The van der Waals surface area contributed by atoms with E-state index in [0.717, 1.165) is 12.8 Å². The van der Waals surface area contributed by atoms with Gasteiger partial charge in [-0.2, -0.15) is 0 Å². The smallest absolute Gasteiger partial charge is 0.407 e. The number of carbonyl (C=O) groups is 1. The van der Waals surface area contributed by atoms with Gasteiger partial charge in [0, 0.05) is 18.9 Å². The Hall–Kier alpha value is -0.850. The maximum Gasteiger partial charge on any atom is 0.407 e. The van der Waals surface area contributed by atoms with Crippen molar-refractivity contribution < 1.29 is 19.0 Å². The highest BCUT2D eigenvalue weighted by Gasteiger charge is 2.44. The van der Waals surface area contributed by atoms with Crippen molar-refractivity contribution in [2.45, 2.75) is 63.5 Å². The van der Waals surface area contributed by atoms with Gasteiger partial charge in [-0.05, 0) is 27.2 Å². The van der Waals surface area contributed by atoms with Crippen LogP contribution in [0.3, 0.4) is 0 Å². The Labute approximate surface area is 113 Å². The Kier molecular flexibility index (Phi) is 4.03. The molecule has 2 unspecified atom stereocenters. The van der Waals surface area contributed by atoms with E-state index in [1.54, 1.807) is 0 Å². The molecule has 0 aromatic rings. The van der Waals surface area contributed by atoms with E-state index in [2.05, 4.69) is 5.32 Å². The Morgan fingerprint density at radius 3 is 2.58 bits per heavy atom. The average Bonchev–Trinajstić information content (AvgIpc) is 2.70. The van der Waals surface area contributed by atoms with Crippen LogP contribution in [0.2, 0.25) is 0 Å². The van der Waals surface area contributed by atoms with Gasteiger partial charge < -0.3 is 25.3 Å². The Morgan fingerprint density at radius 2 is 2.00 bits per heavy atom. The fourth-order valence-corrected chi connectivity index (χ4v) is 2.55. The molecule has 1 amide bonds. The molecule has 19 heavy (non-hydrogen) atoms. The molecule has 0 radical (unpaired) electrons. The Balaban J connectivity index is 1.92. The predicted molar refractivity (Wildman–Crippen MR) is 69.6 cm³/mol. The minimum absolute atomic E-state index is 0.0917. The Morgan fingerprint density at radius 1 is 1.37 bits per heavy atom. The van der Waals surface area contributed by atoms with Gasteiger partial charge in [0.25, 0.3) is 0 Å². The normalized spacial score (nSPS) is 30.3. The molecule has 0 bridgehead atoms. The van der Waals surface area contributed by atoms with Crippen LogP contribution in [0, 0.1) is 0 Å². The van der Waals surface area contributed by atoms with Gasteiger partial charge in [0.1, 0.15) is 5.60 Å². The number of amides is 1. The fourth-order valence-electron chi connectivity index (χ4n) is 2.55. The number of rotatable bonds is 1. The van der Waals surface area contributed by atoms with E-state index >= 15 is 0 Å². The molecule has 1 spiro atoms. The number of alkyl carbamates (subject to hydrolysis) is 1. The number of nitrogens with one attached hydrogen (secondary N) is 1. The van der Waals surface area contributed by atoms with Crippen molar-refractivity contribution in [2.75, 3.05) is 13.2 Å². The molecule has 2 rings (SSSR count). The van der Waals surface area contributed by atoms with Crippen LogP contribution in [0.15, 0.2) is 0 Å². The average molecular weight is 272 g/mol. The quantitative estimate of drug-likeness (QED) is 0.748. The first-order valence-corrected chi connectivity index (χ1v) is 6.83. The molecule has 2 fully saturated rings. The van der Waals surface area contributed by atoms with Crippen molar-refractivity contribution in [1.82, 2.24) is 5.32 Å². The highest BCUT2D eigenvalue weighted by Crippen LogP contribution is 2.35. The van der Waals surface area contributed by atoms with Gasteiger partial charge in [-0.3, -0.25) is 0 Å². The van der Waals surface area contributed by atoms with Gasteiger partial charge in [0.2, 0.25) is 0 Å². The van der Waals surface area contributed by atoms with E-state index in [1.807, 2.05) is 20.8 Å². The zero-order valence-corrected chi connectivity index (χ0v) is 11.9. The summed E-state index contributed by atoms with van der Waals surface area (Å²) < 4.78 is 16.6. The molecule has 1 saturated heterocycles. The minimum Gasteiger partial charge on any atom is -0.444 e. The van der Waals surface area contributed by atoms with E-state index < -0.39 is 17.5 Å². The topological polar surface area (TPSA) is 82.8 Å². The van der Waals surface area contributed by atoms with Crippen LogP contribution in [-0.4, -0.2) is 42.8 Å². The van der Waals surface area contributed by atoms with Gasteiger partial charge >= 0.3 is 6.09 Å². The molecule has 1 heterocycles. The second-order valence-electron chi connectivity index (χ2n) is 6.27. The lowest BCUT2D eigenvalue weighted by Crippen LogP contribution is -2.56. The monoisotopic (exact) mass is 272 g/mol. The van der Waals surface area contributed by atoms with E-state index in [9.17, 15) is 4.79 Å². The van der Waals surface area contributed by atoms with E-state index in [0.29, 0.717) is 19.6 Å². The van der Waals surface area contributed by atoms with Gasteiger partial charge in [-0.1, -0.05) is 0 Å². The van der Waals surface area contributed by atoms with Crippen LogP contribution >= 0.6 is 0 Å². The molecule has 2 atom stereocenters. The van der Waals surface area contributed by atoms with Gasteiger partial charge in [-0.15, -0.1) is 0 Å². The summed E-state index contributed by atoms with van der Waals surface area (Å²) >= 11 is 0. The van der Waals surface area contributed by atoms with Crippen molar-refractivity contribution in [3.05, 3.63) is 0 Å².